The molecular formula is C16H19N3S. The number of nitrogens with zero attached hydrogens (tertiary/aromatic N) is 2. The van der Waals surface area contributed by atoms with Crippen LogP contribution >= 0.6 is 11.3 Å². The predicted octanol–water partition coefficient (Wildman–Crippen LogP) is 3.24. The fourth-order valence-corrected chi connectivity index (χ4v) is 3.38. The molecule has 3 rings (SSSR count). The molecule has 0 aliphatic carbocycles. The number of guanidine groups is 1. The Hall–Kier alpha value is -1.81. The summed E-state index contributed by atoms with van der Waals surface area (Å²) in [7, 11) is 0. The Morgan fingerprint density at radius 1 is 1.35 bits per heavy atom. The molecule has 0 saturated heterocycles. The first-order valence-corrected chi connectivity index (χ1v) is 7.69. The van der Waals surface area contributed by atoms with Crippen molar-refractivity contribution >= 4 is 17.3 Å². The quantitative estimate of drug-likeness (QED) is 0.940. The van der Waals surface area contributed by atoms with Gasteiger partial charge in [-0.2, -0.15) is 0 Å². The number of thiophene rings is 1. The second-order valence-corrected chi connectivity index (χ2v) is 6.31. The SMILES string of the molecule is Cc1ccc(C)c(C2CN=C(N)N2Cc2cccs2)c1. The van der Waals surface area contributed by atoms with Crippen LogP contribution in [0.2, 0.25) is 0 Å². The first-order chi connectivity index (χ1) is 9.65. The lowest BCUT2D eigenvalue weighted by Crippen LogP contribution is -2.35. The molecule has 1 aliphatic heterocycles. The van der Waals surface area contributed by atoms with Gasteiger partial charge in [0.2, 0.25) is 0 Å². The number of aliphatic imine (C=N–C) groups is 1. The van der Waals surface area contributed by atoms with Crippen LogP contribution in [0.5, 0.6) is 0 Å². The minimum atomic E-state index is 0.261. The van der Waals surface area contributed by atoms with Crippen LogP contribution in [0.4, 0.5) is 0 Å². The molecule has 1 aliphatic rings. The Balaban J connectivity index is 1.90. The predicted molar refractivity (Wildman–Crippen MR) is 85.0 cm³/mol. The van der Waals surface area contributed by atoms with E-state index in [0.717, 1.165) is 13.1 Å². The Bertz CT molecular complexity index is 631. The lowest BCUT2D eigenvalue weighted by molar-refractivity contribution is 0.342. The second-order valence-electron chi connectivity index (χ2n) is 5.28. The number of aryl methyl sites for hydroxylation is 2. The monoisotopic (exact) mass is 285 g/mol. The summed E-state index contributed by atoms with van der Waals surface area (Å²) in [5, 5.41) is 2.10. The summed E-state index contributed by atoms with van der Waals surface area (Å²) in [5.41, 5.74) is 10.0. The molecule has 3 nitrogen and oxygen atoms in total. The van der Waals surface area contributed by atoms with Gasteiger partial charge in [-0.25, -0.2) is 0 Å². The molecule has 2 N–H and O–H groups in total. The van der Waals surface area contributed by atoms with Gasteiger partial charge < -0.3 is 10.6 Å². The van der Waals surface area contributed by atoms with Crippen LogP contribution in [0.3, 0.4) is 0 Å². The highest BCUT2D eigenvalue weighted by molar-refractivity contribution is 7.09. The number of benzene rings is 1. The summed E-state index contributed by atoms with van der Waals surface area (Å²) in [6.07, 6.45) is 0. The molecule has 4 heteroatoms. The highest BCUT2D eigenvalue weighted by Gasteiger charge is 2.28. The van der Waals surface area contributed by atoms with E-state index in [4.69, 9.17) is 5.73 Å². The maximum absolute atomic E-state index is 6.09. The summed E-state index contributed by atoms with van der Waals surface area (Å²) in [6.45, 7) is 5.88. The average Bonchev–Trinajstić information content (AvgIpc) is 3.05. The van der Waals surface area contributed by atoms with Gasteiger partial charge in [0.05, 0.1) is 19.1 Å². The fourth-order valence-electron chi connectivity index (χ4n) is 2.68. The number of hydrogen-bond donors (Lipinski definition) is 1. The molecule has 1 unspecified atom stereocenters. The topological polar surface area (TPSA) is 41.6 Å². The van der Waals surface area contributed by atoms with E-state index in [1.54, 1.807) is 11.3 Å². The van der Waals surface area contributed by atoms with Crippen molar-refractivity contribution in [1.29, 1.82) is 0 Å². The Kier molecular flexibility index (Phi) is 3.49. The molecule has 0 amide bonds. The Morgan fingerprint density at radius 2 is 2.20 bits per heavy atom. The molecular weight excluding hydrogens is 266 g/mol. The van der Waals surface area contributed by atoms with Gasteiger partial charge in [-0.3, -0.25) is 4.99 Å². The van der Waals surface area contributed by atoms with Crippen LogP contribution < -0.4 is 5.73 Å². The van der Waals surface area contributed by atoms with Crippen molar-refractivity contribution in [1.82, 2.24) is 4.90 Å². The van der Waals surface area contributed by atoms with Crippen molar-refractivity contribution in [2.24, 2.45) is 10.7 Å². The molecule has 0 bridgehead atoms. The third kappa shape index (κ3) is 2.43. The van der Waals surface area contributed by atoms with Crippen molar-refractivity contribution in [3.05, 3.63) is 57.3 Å². The molecule has 1 aromatic heterocycles. The van der Waals surface area contributed by atoms with Crippen LogP contribution in [0.15, 0.2) is 40.7 Å². The Labute approximate surface area is 123 Å². The van der Waals surface area contributed by atoms with Gasteiger partial charge in [0.25, 0.3) is 0 Å². The number of nitrogens with two attached hydrogens (primary N) is 1. The zero-order chi connectivity index (χ0) is 14.1. The van der Waals surface area contributed by atoms with E-state index < -0.39 is 0 Å². The molecule has 104 valence electrons. The van der Waals surface area contributed by atoms with Crippen molar-refractivity contribution in [2.45, 2.75) is 26.4 Å². The summed E-state index contributed by atoms with van der Waals surface area (Å²) in [5.74, 6) is 0.657. The molecule has 0 fully saturated rings. The van der Waals surface area contributed by atoms with Gasteiger partial charge in [0, 0.05) is 4.88 Å². The van der Waals surface area contributed by atoms with Crippen molar-refractivity contribution in [3.8, 4) is 0 Å². The average molecular weight is 285 g/mol. The van der Waals surface area contributed by atoms with Gasteiger partial charge >= 0.3 is 0 Å². The van der Waals surface area contributed by atoms with E-state index in [2.05, 4.69) is 59.5 Å². The normalized spacial score (nSPS) is 18.4. The van der Waals surface area contributed by atoms with Crippen LogP contribution in [-0.4, -0.2) is 17.4 Å². The first kappa shape index (κ1) is 13.2. The van der Waals surface area contributed by atoms with E-state index in [1.165, 1.54) is 21.6 Å². The highest BCUT2D eigenvalue weighted by Crippen LogP contribution is 2.30. The highest BCUT2D eigenvalue weighted by atomic mass is 32.1. The van der Waals surface area contributed by atoms with Crippen molar-refractivity contribution in [2.75, 3.05) is 6.54 Å². The maximum atomic E-state index is 6.09. The van der Waals surface area contributed by atoms with E-state index in [1.807, 2.05) is 0 Å². The Morgan fingerprint density at radius 3 is 2.95 bits per heavy atom. The summed E-state index contributed by atoms with van der Waals surface area (Å²) in [4.78, 5) is 7.99. The second kappa shape index (κ2) is 5.29. The fraction of sp³-hybridized carbons (Fsp3) is 0.312. The molecule has 2 aromatic rings. The minimum Gasteiger partial charge on any atom is -0.370 e. The van der Waals surface area contributed by atoms with Crippen LogP contribution in [0.1, 0.15) is 27.6 Å². The molecule has 0 spiro atoms. The van der Waals surface area contributed by atoms with Crippen LogP contribution in [0, 0.1) is 13.8 Å². The lowest BCUT2D eigenvalue weighted by Gasteiger charge is -2.27. The van der Waals surface area contributed by atoms with Crippen LogP contribution in [0.25, 0.3) is 0 Å². The van der Waals surface area contributed by atoms with Crippen molar-refractivity contribution in [3.63, 3.8) is 0 Å². The molecule has 1 aromatic carbocycles. The number of hydrogen-bond acceptors (Lipinski definition) is 4. The summed E-state index contributed by atoms with van der Waals surface area (Å²) >= 11 is 1.76. The van der Waals surface area contributed by atoms with Crippen LogP contribution in [-0.2, 0) is 6.54 Å². The third-order valence-corrected chi connectivity index (χ3v) is 4.66. The van der Waals surface area contributed by atoms with Gasteiger partial charge in [-0.05, 0) is 36.4 Å². The minimum absolute atomic E-state index is 0.261. The van der Waals surface area contributed by atoms with E-state index in [9.17, 15) is 0 Å². The van der Waals surface area contributed by atoms with E-state index in [-0.39, 0.29) is 6.04 Å². The lowest BCUT2D eigenvalue weighted by atomic mass is 9.98. The zero-order valence-electron chi connectivity index (χ0n) is 11.8. The number of rotatable bonds is 3. The molecule has 20 heavy (non-hydrogen) atoms. The van der Waals surface area contributed by atoms with Crippen molar-refractivity contribution < 1.29 is 0 Å². The van der Waals surface area contributed by atoms with E-state index in [0.29, 0.717) is 5.96 Å². The largest absolute Gasteiger partial charge is 0.370 e. The maximum Gasteiger partial charge on any atom is 0.192 e. The van der Waals surface area contributed by atoms with Gasteiger partial charge in [-0.1, -0.05) is 29.8 Å². The van der Waals surface area contributed by atoms with Gasteiger partial charge in [-0.15, -0.1) is 11.3 Å². The van der Waals surface area contributed by atoms with E-state index >= 15 is 0 Å². The first-order valence-electron chi connectivity index (χ1n) is 6.81. The summed E-state index contributed by atoms with van der Waals surface area (Å²) < 4.78 is 0. The molecule has 2 heterocycles. The smallest absolute Gasteiger partial charge is 0.192 e. The molecule has 1 atom stereocenters. The molecule has 0 radical (unpaired) electrons. The van der Waals surface area contributed by atoms with Gasteiger partial charge in [0.15, 0.2) is 5.96 Å². The molecule has 0 saturated carbocycles. The third-order valence-electron chi connectivity index (χ3n) is 3.80. The summed E-state index contributed by atoms with van der Waals surface area (Å²) in [6, 6.07) is 11.1. The zero-order valence-corrected chi connectivity index (χ0v) is 12.7. The standard InChI is InChI=1S/C16H19N3S/c1-11-5-6-12(2)14(8-11)15-9-18-16(17)19(15)10-13-4-3-7-20-13/h3-8,15H,9-10H2,1-2H3,(H2,17,18). The van der Waals surface area contributed by atoms with Gasteiger partial charge in [0.1, 0.15) is 0 Å².